The quantitative estimate of drug-likeness (QED) is 0.617. The Morgan fingerprint density at radius 2 is 2.11 bits per heavy atom. The topological polar surface area (TPSA) is 67.1 Å². The molecule has 0 aromatic carbocycles. The lowest BCUT2D eigenvalue weighted by molar-refractivity contribution is 0.398. The number of hydrogen-bond donors (Lipinski definition) is 2. The normalized spacial score (nSPS) is 15.3. The highest BCUT2D eigenvalue weighted by atomic mass is 15.3. The number of aromatic nitrogens is 2. The number of nitrogens with one attached hydrogen (secondary N) is 1. The lowest BCUT2D eigenvalue weighted by Gasteiger charge is -2.36. The van der Waals surface area contributed by atoms with Gasteiger partial charge in [-0.3, -0.25) is 0 Å². The van der Waals surface area contributed by atoms with Gasteiger partial charge < -0.3 is 10.3 Å². The van der Waals surface area contributed by atoms with E-state index in [9.17, 15) is 0 Å². The van der Waals surface area contributed by atoms with Crippen molar-refractivity contribution >= 4 is 11.6 Å². The molecule has 0 amide bonds. The zero-order chi connectivity index (χ0) is 13.1. The summed E-state index contributed by atoms with van der Waals surface area (Å²) in [5.74, 6) is 8.19. The van der Waals surface area contributed by atoms with Crippen molar-refractivity contribution in [3.63, 3.8) is 0 Å². The van der Waals surface area contributed by atoms with Crippen molar-refractivity contribution < 1.29 is 0 Å². The minimum Gasteiger partial charge on any atom is -0.356 e. The molecule has 1 saturated carbocycles. The first-order valence-electron chi connectivity index (χ1n) is 6.74. The molecule has 1 heterocycles. The van der Waals surface area contributed by atoms with Crippen LogP contribution in [-0.4, -0.2) is 23.1 Å². The third-order valence-electron chi connectivity index (χ3n) is 3.73. The fourth-order valence-corrected chi connectivity index (χ4v) is 2.32. The van der Waals surface area contributed by atoms with E-state index >= 15 is 0 Å². The van der Waals surface area contributed by atoms with Gasteiger partial charge in [-0.15, -0.1) is 0 Å². The van der Waals surface area contributed by atoms with Crippen LogP contribution in [0.4, 0.5) is 11.6 Å². The molecule has 0 saturated heterocycles. The Morgan fingerprint density at radius 3 is 2.61 bits per heavy atom. The molecule has 2 rings (SSSR count). The van der Waals surface area contributed by atoms with E-state index in [0.29, 0.717) is 6.04 Å². The molecule has 5 heteroatoms. The lowest BCUT2D eigenvalue weighted by atomic mass is 9.92. The van der Waals surface area contributed by atoms with E-state index < -0.39 is 0 Å². The van der Waals surface area contributed by atoms with E-state index in [1.807, 2.05) is 6.92 Å². The van der Waals surface area contributed by atoms with E-state index in [-0.39, 0.29) is 0 Å². The second-order valence-electron chi connectivity index (χ2n) is 5.03. The summed E-state index contributed by atoms with van der Waals surface area (Å²) >= 11 is 0. The number of aryl methyl sites for hydroxylation is 1. The predicted octanol–water partition coefficient (Wildman–Crippen LogP) is 2.01. The van der Waals surface area contributed by atoms with Crippen LogP contribution >= 0.6 is 0 Å². The molecule has 1 fully saturated rings. The van der Waals surface area contributed by atoms with E-state index in [1.54, 1.807) is 0 Å². The maximum absolute atomic E-state index is 5.55. The SMILES string of the molecule is CCCc1nc(NN)c(C)c(N(C)C2CCC2)n1. The van der Waals surface area contributed by atoms with Crippen molar-refractivity contribution in [3.05, 3.63) is 11.4 Å². The van der Waals surface area contributed by atoms with E-state index in [2.05, 4.69) is 29.3 Å². The van der Waals surface area contributed by atoms with Crippen LogP contribution in [0.1, 0.15) is 44.0 Å². The molecule has 0 aliphatic heterocycles. The minimum absolute atomic E-state index is 0.624. The van der Waals surface area contributed by atoms with Gasteiger partial charge >= 0.3 is 0 Å². The zero-order valence-corrected chi connectivity index (χ0v) is 11.5. The summed E-state index contributed by atoms with van der Waals surface area (Å²) in [6.07, 6.45) is 5.77. The van der Waals surface area contributed by atoms with Crippen molar-refractivity contribution in [1.29, 1.82) is 0 Å². The standard InChI is InChI=1S/C13H23N5/c1-4-6-11-15-12(17-14)9(2)13(16-11)18(3)10-7-5-8-10/h10H,4-8,14H2,1-3H3,(H,15,16,17). The smallest absolute Gasteiger partial charge is 0.148 e. The van der Waals surface area contributed by atoms with Crippen molar-refractivity contribution in [3.8, 4) is 0 Å². The molecular weight excluding hydrogens is 226 g/mol. The average molecular weight is 249 g/mol. The van der Waals surface area contributed by atoms with Crippen molar-refractivity contribution in [2.45, 2.75) is 52.0 Å². The Balaban J connectivity index is 2.33. The van der Waals surface area contributed by atoms with Gasteiger partial charge in [-0.1, -0.05) is 6.92 Å². The Morgan fingerprint density at radius 1 is 1.39 bits per heavy atom. The number of hydrazine groups is 1. The fraction of sp³-hybridized carbons (Fsp3) is 0.692. The summed E-state index contributed by atoms with van der Waals surface area (Å²) in [6, 6.07) is 0.624. The third kappa shape index (κ3) is 2.41. The molecule has 5 nitrogen and oxygen atoms in total. The van der Waals surface area contributed by atoms with Gasteiger partial charge in [0.2, 0.25) is 0 Å². The Kier molecular flexibility index (Phi) is 4.01. The maximum Gasteiger partial charge on any atom is 0.148 e. The van der Waals surface area contributed by atoms with Gasteiger partial charge in [-0.2, -0.15) is 0 Å². The van der Waals surface area contributed by atoms with Gasteiger partial charge in [-0.05, 0) is 32.6 Å². The molecule has 0 unspecified atom stereocenters. The largest absolute Gasteiger partial charge is 0.356 e. The fourth-order valence-electron chi connectivity index (χ4n) is 2.32. The van der Waals surface area contributed by atoms with Crippen LogP contribution in [0.3, 0.4) is 0 Å². The van der Waals surface area contributed by atoms with Crippen LogP contribution in [0.5, 0.6) is 0 Å². The molecule has 100 valence electrons. The molecule has 1 aromatic heterocycles. The molecule has 1 aliphatic rings. The van der Waals surface area contributed by atoms with E-state index in [4.69, 9.17) is 10.8 Å². The van der Waals surface area contributed by atoms with Crippen LogP contribution < -0.4 is 16.2 Å². The molecular formula is C13H23N5. The number of nitrogens with zero attached hydrogens (tertiary/aromatic N) is 3. The summed E-state index contributed by atoms with van der Waals surface area (Å²) in [5, 5.41) is 0. The first kappa shape index (κ1) is 13.1. The first-order valence-corrected chi connectivity index (χ1v) is 6.74. The second kappa shape index (κ2) is 5.52. The van der Waals surface area contributed by atoms with Crippen molar-refractivity contribution in [1.82, 2.24) is 9.97 Å². The van der Waals surface area contributed by atoms with E-state index in [0.717, 1.165) is 35.9 Å². The minimum atomic E-state index is 0.624. The summed E-state index contributed by atoms with van der Waals surface area (Å²) in [5.41, 5.74) is 3.72. The number of rotatable bonds is 5. The molecule has 1 aliphatic carbocycles. The second-order valence-corrected chi connectivity index (χ2v) is 5.03. The predicted molar refractivity (Wildman–Crippen MR) is 74.6 cm³/mol. The summed E-state index contributed by atoms with van der Waals surface area (Å²) < 4.78 is 0. The molecule has 0 spiro atoms. The molecule has 18 heavy (non-hydrogen) atoms. The highest BCUT2D eigenvalue weighted by Crippen LogP contribution is 2.30. The number of anilines is 2. The summed E-state index contributed by atoms with van der Waals surface area (Å²) in [4.78, 5) is 11.4. The van der Waals surface area contributed by atoms with E-state index in [1.165, 1.54) is 19.3 Å². The maximum atomic E-state index is 5.55. The van der Waals surface area contributed by atoms with Gasteiger partial charge in [0.25, 0.3) is 0 Å². The Labute approximate surface area is 109 Å². The van der Waals surface area contributed by atoms with Gasteiger partial charge in [0.1, 0.15) is 17.5 Å². The number of nitrogen functional groups attached to an aromatic ring is 1. The van der Waals surface area contributed by atoms with Crippen molar-refractivity contribution in [2.75, 3.05) is 17.4 Å². The highest BCUT2D eigenvalue weighted by molar-refractivity contribution is 5.58. The van der Waals surface area contributed by atoms with Gasteiger partial charge in [0.05, 0.1) is 0 Å². The lowest BCUT2D eigenvalue weighted by Crippen LogP contribution is -2.38. The average Bonchev–Trinajstić information content (AvgIpc) is 2.29. The summed E-state index contributed by atoms with van der Waals surface area (Å²) in [7, 11) is 2.12. The van der Waals surface area contributed by atoms with Crippen LogP contribution in [0.2, 0.25) is 0 Å². The highest BCUT2D eigenvalue weighted by Gasteiger charge is 2.25. The zero-order valence-electron chi connectivity index (χ0n) is 11.5. The first-order chi connectivity index (χ1) is 8.67. The van der Waals surface area contributed by atoms with Gasteiger partial charge in [0, 0.05) is 25.1 Å². The van der Waals surface area contributed by atoms with Crippen LogP contribution in [0.25, 0.3) is 0 Å². The number of nitrogens with two attached hydrogens (primary N) is 1. The Hall–Kier alpha value is -1.36. The van der Waals surface area contributed by atoms with Gasteiger partial charge in [-0.25, -0.2) is 15.8 Å². The monoisotopic (exact) mass is 249 g/mol. The van der Waals surface area contributed by atoms with Crippen LogP contribution in [-0.2, 0) is 6.42 Å². The molecule has 1 aromatic rings. The number of hydrogen-bond acceptors (Lipinski definition) is 5. The van der Waals surface area contributed by atoms with Gasteiger partial charge in [0.15, 0.2) is 0 Å². The Bertz CT molecular complexity index is 414. The van der Waals surface area contributed by atoms with Crippen molar-refractivity contribution in [2.24, 2.45) is 5.84 Å². The molecule has 3 N–H and O–H groups in total. The van der Waals surface area contributed by atoms with Crippen LogP contribution in [0.15, 0.2) is 0 Å². The molecule has 0 atom stereocenters. The summed E-state index contributed by atoms with van der Waals surface area (Å²) in [6.45, 7) is 4.16. The molecule has 0 bridgehead atoms. The van der Waals surface area contributed by atoms with Crippen LogP contribution in [0, 0.1) is 6.92 Å². The molecule has 0 radical (unpaired) electrons. The third-order valence-corrected chi connectivity index (χ3v) is 3.73.